The van der Waals surface area contributed by atoms with Gasteiger partial charge in [0.15, 0.2) is 5.78 Å². The molecule has 0 atom stereocenters. The van der Waals surface area contributed by atoms with Gasteiger partial charge < -0.3 is 9.80 Å². The Morgan fingerprint density at radius 1 is 0.750 bits per heavy atom. The quantitative estimate of drug-likeness (QED) is 0.555. The fraction of sp³-hybridized carbons (Fsp3) is 0.231. The maximum Gasteiger partial charge on any atom is 0.254 e. The van der Waals surface area contributed by atoms with Crippen molar-refractivity contribution in [3.8, 4) is 0 Å². The van der Waals surface area contributed by atoms with Crippen molar-refractivity contribution in [3.63, 3.8) is 0 Å². The summed E-state index contributed by atoms with van der Waals surface area (Å²) < 4.78 is 28.3. The zero-order valence-electron chi connectivity index (χ0n) is 18.1. The molecule has 6 heteroatoms. The predicted molar refractivity (Wildman–Crippen MR) is 120 cm³/mol. The average Bonchev–Trinajstić information content (AvgIpc) is 2.80. The molecule has 3 aromatic carbocycles. The van der Waals surface area contributed by atoms with Crippen molar-refractivity contribution in [3.05, 3.63) is 100 Å². The van der Waals surface area contributed by atoms with E-state index in [-0.39, 0.29) is 11.7 Å². The van der Waals surface area contributed by atoms with Gasteiger partial charge in [-0.05, 0) is 67.4 Å². The third-order valence-electron chi connectivity index (χ3n) is 5.96. The summed E-state index contributed by atoms with van der Waals surface area (Å²) in [5, 5.41) is 0. The maximum atomic E-state index is 14.9. The SMILES string of the molecule is Cc1ccc(C(=O)c2ccc(N3CCN(C(=O)c4cccc(F)c4)CC3)c(F)c2)cc1C. The van der Waals surface area contributed by atoms with Crippen LogP contribution in [0.2, 0.25) is 0 Å². The fourth-order valence-corrected chi connectivity index (χ4v) is 3.91. The summed E-state index contributed by atoms with van der Waals surface area (Å²) in [4.78, 5) is 28.9. The Morgan fingerprint density at radius 3 is 2.09 bits per heavy atom. The first-order chi connectivity index (χ1) is 15.3. The van der Waals surface area contributed by atoms with Crippen LogP contribution in [0.25, 0.3) is 0 Å². The molecule has 1 aliphatic heterocycles. The molecule has 0 bridgehead atoms. The molecule has 164 valence electrons. The van der Waals surface area contributed by atoms with Gasteiger partial charge in [-0.3, -0.25) is 9.59 Å². The molecule has 1 heterocycles. The molecule has 1 amide bonds. The van der Waals surface area contributed by atoms with Gasteiger partial charge in [-0.2, -0.15) is 0 Å². The van der Waals surface area contributed by atoms with Gasteiger partial charge in [0, 0.05) is 42.9 Å². The largest absolute Gasteiger partial charge is 0.366 e. The summed E-state index contributed by atoms with van der Waals surface area (Å²) in [6, 6.07) is 15.6. The van der Waals surface area contributed by atoms with Crippen LogP contribution < -0.4 is 4.90 Å². The number of piperazine rings is 1. The van der Waals surface area contributed by atoms with Crippen LogP contribution in [0, 0.1) is 25.5 Å². The Bertz CT molecular complexity index is 1180. The highest BCUT2D eigenvalue weighted by atomic mass is 19.1. The molecule has 1 saturated heterocycles. The van der Waals surface area contributed by atoms with Crippen LogP contribution in [0.4, 0.5) is 14.5 Å². The number of hydrogen-bond acceptors (Lipinski definition) is 3. The molecule has 0 aromatic heterocycles. The van der Waals surface area contributed by atoms with Crippen molar-refractivity contribution < 1.29 is 18.4 Å². The van der Waals surface area contributed by atoms with Crippen molar-refractivity contribution in [1.82, 2.24) is 4.90 Å². The van der Waals surface area contributed by atoms with Crippen LogP contribution in [0.5, 0.6) is 0 Å². The Hall–Kier alpha value is -3.54. The Morgan fingerprint density at radius 2 is 1.44 bits per heavy atom. The van der Waals surface area contributed by atoms with Crippen molar-refractivity contribution >= 4 is 17.4 Å². The van der Waals surface area contributed by atoms with E-state index in [1.165, 1.54) is 24.3 Å². The highest BCUT2D eigenvalue weighted by Gasteiger charge is 2.24. The lowest BCUT2D eigenvalue weighted by molar-refractivity contribution is 0.0746. The van der Waals surface area contributed by atoms with E-state index >= 15 is 0 Å². The molecular formula is C26H24F2N2O2. The van der Waals surface area contributed by atoms with Gasteiger partial charge in [0.1, 0.15) is 11.6 Å². The summed E-state index contributed by atoms with van der Waals surface area (Å²) in [6.07, 6.45) is 0. The van der Waals surface area contributed by atoms with Crippen LogP contribution in [-0.4, -0.2) is 42.8 Å². The number of benzene rings is 3. The number of nitrogens with zero attached hydrogens (tertiary/aromatic N) is 2. The number of aryl methyl sites for hydroxylation is 2. The van der Waals surface area contributed by atoms with Crippen LogP contribution in [0.1, 0.15) is 37.4 Å². The molecule has 4 nitrogen and oxygen atoms in total. The number of amides is 1. The number of anilines is 1. The van der Waals surface area contributed by atoms with Gasteiger partial charge >= 0.3 is 0 Å². The number of carbonyl (C=O) groups excluding carboxylic acids is 2. The molecule has 32 heavy (non-hydrogen) atoms. The van der Waals surface area contributed by atoms with Gasteiger partial charge in [0.05, 0.1) is 5.69 Å². The van der Waals surface area contributed by atoms with E-state index in [9.17, 15) is 18.4 Å². The van der Waals surface area contributed by atoms with Crippen molar-refractivity contribution in [2.24, 2.45) is 0 Å². The van der Waals surface area contributed by atoms with Gasteiger partial charge in [-0.15, -0.1) is 0 Å². The highest BCUT2D eigenvalue weighted by molar-refractivity contribution is 6.09. The van der Waals surface area contributed by atoms with E-state index < -0.39 is 11.6 Å². The number of halogens is 2. The maximum absolute atomic E-state index is 14.9. The minimum absolute atomic E-state index is 0.218. The van der Waals surface area contributed by atoms with E-state index in [0.29, 0.717) is 48.6 Å². The van der Waals surface area contributed by atoms with Crippen LogP contribution in [-0.2, 0) is 0 Å². The van der Waals surface area contributed by atoms with Crippen LogP contribution in [0.15, 0.2) is 60.7 Å². The summed E-state index contributed by atoms with van der Waals surface area (Å²) in [5.41, 5.74) is 3.65. The minimum atomic E-state index is -0.468. The highest BCUT2D eigenvalue weighted by Crippen LogP contribution is 2.24. The monoisotopic (exact) mass is 434 g/mol. The lowest BCUT2D eigenvalue weighted by Crippen LogP contribution is -2.49. The first-order valence-corrected chi connectivity index (χ1v) is 10.5. The van der Waals surface area contributed by atoms with Crippen molar-refractivity contribution in [2.75, 3.05) is 31.1 Å². The van der Waals surface area contributed by atoms with E-state index in [1.807, 2.05) is 30.9 Å². The first kappa shape index (κ1) is 21.7. The smallest absolute Gasteiger partial charge is 0.254 e. The Labute approximate surface area is 186 Å². The minimum Gasteiger partial charge on any atom is -0.366 e. The topological polar surface area (TPSA) is 40.6 Å². The zero-order chi connectivity index (χ0) is 22.8. The normalized spacial score (nSPS) is 13.9. The van der Waals surface area contributed by atoms with E-state index in [2.05, 4.69) is 0 Å². The molecule has 0 spiro atoms. The van der Waals surface area contributed by atoms with Crippen LogP contribution in [0.3, 0.4) is 0 Å². The summed E-state index contributed by atoms with van der Waals surface area (Å²) in [5.74, 6) is -1.38. The summed E-state index contributed by atoms with van der Waals surface area (Å²) >= 11 is 0. The number of carbonyl (C=O) groups is 2. The molecule has 1 aliphatic rings. The summed E-state index contributed by atoms with van der Waals surface area (Å²) in [7, 11) is 0. The number of rotatable bonds is 4. The second-order valence-electron chi connectivity index (χ2n) is 8.08. The van der Waals surface area contributed by atoms with Crippen molar-refractivity contribution in [2.45, 2.75) is 13.8 Å². The second-order valence-corrected chi connectivity index (χ2v) is 8.08. The number of ketones is 1. The molecule has 3 aromatic rings. The molecule has 0 unspecified atom stereocenters. The lowest BCUT2D eigenvalue weighted by atomic mass is 9.99. The van der Waals surface area contributed by atoms with E-state index in [4.69, 9.17) is 0 Å². The first-order valence-electron chi connectivity index (χ1n) is 10.5. The van der Waals surface area contributed by atoms with Gasteiger partial charge in [0.25, 0.3) is 5.91 Å². The molecule has 0 aliphatic carbocycles. The van der Waals surface area contributed by atoms with E-state index in [0.717, 1.165) is 11.1 Å². The molecule has 1 fully saturated rings. The zero-order valence-corrected chi connectivity index (χ0v) is 18.1. The van der Waals surface area contributed by atoms with E-state index in [1.54, 1.807) is 29.2 Å². The molecular weight excluding hydrogens is 410 g/mol. The predicted octanol–water partition coefficient (Wildman–Crippen LogP) is 4.78. The molecule has 0 radical (unpaired) electrons. The van der Waals surface area contributed by atoms with Gasteiger partial charge in [-0.25, -0.2) is 8.78 Å². The fourth-order valence-electron chi connectivity index (χ4n) is 3.91. The molecule has 0 N–H and O–H groups in total. The lowest BCUT2D eigenvalue weighted by Gasteiger charge is -2.36. The van der Waals surface area contributed by atoms with Gasteiger partial charge in [-0.1, -0.05) is 18.2 Å². The average molecular weight is 434 g/mol. The number of hydrogen-bond donors (Lipinski definition) is 0. The Kier molecular flexibility index (Phi) is 6.04. The third kappa shape index (κ3) is 4.40. The third-order valence-corrected chi connectivity index (χ3v) is 5.96. The van der Waals surface area contributed by atoms with Crippen LogP contribution >= 0.6 is 0 Å². The standard InChI is InChI=1S/C26H24F2N2O2/c1-17-6-7-19(14-18(17)2)25(31)20-8-9-24(23(28)16-20)29-10-12-30(13-11-29)26(32)21-4-3-5-22(27)15-21/h3-9,14-16H,10-13H2,1-2H3. The molecule has 4 rings (SSSR count). The van der Waals surface area contributed by atoms with Crippen molar-refractivity contribution in [1.29, 1.82) is 0 Å². The second kappa shape index (κ2) is 8.91. The molecule has 0 saturated carbocycles. The Balaban J connectivity index is 1.44. The summed E-state index contributed by atoms with van der Waals surface area (Å²) in [6.45, 7) is 5.61. The van der Waals surface area contributed by atoms with Gasteiger partial charge in [0.2, 0.25) is 0 Å².